The van der Waals surface area contributed by atoms with Crippen LogP contribution in [0.2, 0.25) is 0 Å². The molecular weight excluding hydrogens is 264 g/mol. The fraction of sp³-hybridized carbons (Fsp3) is 0.133. The molecule has 0 radical (unpaired) electrons. The van der Waals surface area contributed by atoms with E-state index in [0.717, 1.165) is 0 Å². The molecular formula is C15H13F2NO2. The first-order valence-corrected chi connectivity index (χ1v) is 5.96. The minimum atomic E-state index is -1.31. The second-order valence-corrected chi connectivity index (χ2v) is 4.42. The highest BCUT2D eigenvalue weighted by atomic mass is 19.1. The number of aromatic carboxylic acids is 1. The van der Waals surface area contributed by atoms with E-state index in [1.54, 1.807) is 24.1 Å². The smallest absolute Gasteiger partial charge is 0.338 e. The average Bonchev–Trinajstić information content (AvgIpc) is 2.40. The zero-order valence-electron chi connectivity index (χ0n) is 10.8. The Morgan fingerprint density at radius 3 is 2.55 bits per heavy atom. The molecule has 0 aromatic heterocycles. The molecule has 0 saturated heterocycles. The van der Waals surface area contributed by atoms with Crippen molar-refractivity contribution < 1.29 is 18.7 Å². The Morgan fingerprint density at radius 2 is 1.90 bits per heavy atom. The summed E-state index contributed by atoms with van der Waals surface area (Å²) in [4.78, 5) is 12.5. The number of nitrogens with zero attached hydrogens (tertiary/aromatic N) is 1. The molecule has 0 amide bonds. The molecule has 0 heterocycles. The Hall–Kier alpha value is -2.43. The summed E-state index contributed by atoms with van der Waals surface area (Å²) in [6, 6.07) is 10.1. The summed E-state index contributed by atoms with van der Waals surface area (Å²) in [6.07, 6.45) is 0. The maximum atomic E-state index is 14.0. The quantitative estimate of drug-likeness (QED) is 0.932. The molecule has 0 spiro atoms. The first kappa shape index (κ1) is 14.0. The van der Waals surface area contributed by atoms with Crippen molar-refractivity contribution in [3.63, 3.8) is 0 Å². The van der Waals surface area contributed by atoms with Gasteiger partial charge in [0.15, 0.2) is 0 Å². The summed E-state index contributed by atoms with van der Waals surface area (Å²) in [5.74, 6) is -2.45. The molecule has 20 heavy (non-hydrogen) atoms. The third-order valence-corrected chi connectivity index (χ3v) is 2.97. The standard InChI is InChI=1S/C15H13F2NO2/c1-18(12-6-3-5-11(16)8-12)9-10-4-2-7-13(14(10)17)15(19)20/h2-8H,9H2,1H3,(H,19,20). The van der Waals surface area contributed by atoms with E-state index < -0.39 is 11.8 Å². The first-order valence-electron chi connectivity index (χ1n) is 5.96. The van der Waals surface area contributed by atoms with E-state index >= 15 is 0 Å². The van der Waals surface area contributed by atoms with Crippen LogP contribution in [0, 0.1) is 11.6 Å². The van der Waals surface area contributed by atoms with Crippen molar-refractivity contribution >= 4 is 11.7 Å². The Kier molecular flexibility index (Phi) is 3.98. The summed E-state index contributed by atoms with van der Waals surface area (Å²) in [6.45, 7) is 0.149. The SMILES string of the molecule is CN(Cc1cccc(C(=O)O)c1F)c1cccc(F)c1. The topological polar surface area (TPSA) is 40.5 Å². The Labute approximate surface area is 115 Å². The molecule has 1 N–H and O–H groups in total. The van der Waals surface area contributed by atoms with E-state index in [1.807, 2.05) is 0 Å². The Morgan fingerprint density at radius 1 is 1.20 bits per heavy atom. The highest BCUT2D eigenvalue weighted by Crippen LogP contribution is 2.19. The van der Waals surface area contributed by atoms with E-state index in [-0.39, 0.29) is 23.5 Å². The molecule has 5 heteroatoms. The zero-order chi connectivity index (χ0) is 14.7. The fourth-order valence-electron chi connectivity index (χ4n) is 1.93. The van der Waals surface area contributed by atoms with Gasteiger partial charge in [-0.3, -0.25) is 0 Å². The van der Waals surface area contributed by atoms with Crippen LogP contribution in [0.1, 0.15) is 15.9 Å². The van der Waals surface area contributed by atoms with Gasteiger partial charge < -0.3 is 10.0 Å². The summed E-state index contributed by atoms with van der Waals surface area (Å²) in [5, 5.41) is 8.87. The lowest BCUT2D eigenvalue weighted by atomic mass is 10.1. The molecule has 2 aromatic rings. The molecule has 2 aromatic carbocycles. The van der Waals surface area contributed by atoms with Gasteiger partial charge in [-0.05, 0) is 24.3 Å². The van der Waals surface area contributed by atoms with Crippen molar-refractivity contribution in [1.82, 2.24) is 0 Å². The number of carbonyl (C=O) groups is 1. The third kappa shape index (κ3) is 2.93. The molecule has 0 atom stereocenters. The van der Waals surface area contributed by atoms with Crippen molar-refractivity contribution in [1.29, 1.82) is 0 Å². The van der Waals surface area contributed by atoms with E-state index in [4.69, 9.17) is 5.11 Å². The fourth-order valence-corrected chi connectivity index (χ4v) is 1.93. The van der Waals surface area contributed by atoms with Crippen LogP contribution in [0.5, 0.6) is 0 Å². The maximum absolute atomic E-state index is 14.0. The largest absolute Gasteiger partial charge is 0.478 e. The average molecular weight is 277 g/mol. The Bertz CT molecular complexity index is 644. The number of hydrogen-bond acceptors (Lipinski definition) is 2. The lowest BCUT2D eigenvalue weighted by Gasteiger charge is -2.20. The highest BCUT2D eigenvalue weighted by Gasteiger charge is 2.15. The van der Waals surface area contributed by atoms with Gasteiger partial charge in [0, 0.05) is 24.8 Å². The van der Waals surface area contributed by atoms with Crippen LogP contribution in [-0.2, 0) is 6.54 Å². The predicted molar refractivity (Wildman–Crippen MR) is 71.9 cm³/mol. The van der Waals surface area contributed by atoms with Crippen LogP contribution in [0.25, 0.3) is 0 Å². The molecule has 3 nitrogen and oxygen atoms in total. The lowest BCUT2D eigenvalue weighted by molar-refractivity contribution is 0.0691. The van der Waals surface area contributed by atoms with Gasteiger partial charge in [0.2, 0.25) is 0 Å². The Balaban J connectivity index is 2.26. The van der Waals surface area contributed by atoms with Gasteiger partial charge >= 0.3 is 5.97 Å². The van der Waals surface area contributed by atoms with Gasteiger partial charge in [-0.25, -0.2) is 13.6 Å². The normalized spacial score (nSPS) is 10.3. The molecule has 0 aliphatic heterocycles. The number of anilines is 1. The van der Waals surface area contributed by atoms with E-state index in [9.17, 15) is 13.6 Å². The molecule has 2 rings (SSSR count). The lowest BCUT2D eigenvalue weighted by Crippen LogP contribution is -2.18. The first-order chi connectivity index (χ1) is 9.49. The van der Waals surface area contributed by atoms with Crippen molar-refractivity contribution in [3.8, 4) is 0 Å². The van der Waals surface area contributed by atoms with Crippen molar-refractivity contribution in [2.45, 2.75) is 6.54 Å². The molecule has 0 fully saturated rings. The van der Waals surface area contributed by atoms with Crippen molar-refractivity contribution in [2.75, 3.05) is 11.9 Å². The van der Waals surface area contributed by atoms with Crippen LogP contribution < -0.4 is 4.90 Å². The molecule has 0 saturated carbocycles. The minimum absolute atomic E-state index is 0.149. The van der Waals surface area contributed by atoms with Crippen LogP contribution in [0.3, 0.4) is 0 Å². The number of rotatable bonds is 4. The number of hydrogen-bond donors (Lipinski definition) is 1. The second kappa shape index (κ2) is 5.69. The second-order valence-electron chi connectivity index (χ2n) is 4.42. The predicted octanol–water partition coefficient (Wildman–Crippen LogP) is 3.30. The van der Waals surface area contributed by atoms with Gasteiger partial charge in [0.05, 0.1) is 5.56 Å². The highest BCUT2D eigenvalue weighted by molar-refractivity contribution is 5.88. The number of carboxylic acid groups (broad SMARTS) is 1. The van der Waals surface area contributed by atoms with Gasteiger partial charge in [0.25, 0.3) is 0 Å². The monoisotopic (exact) mass is 277 g/mol. The number of benzene rings is 2. The van der Waals surface area contributed by atoms with Gasteiger partial charge in [-0.1, -0.05) is 18.2 Å². The van der Waals surface area contributed by atoms with E-state index in [1.165, 1.54) is 30.3 Å². The zero-order valence-corrected chi connectivity index (χ0v) is 10.8. The third-order valence-electron chi connectivity index (χ3n) is 2.97. The van der Waals surface area contributed by atoms with Crippen LogP contribution >= 0.6 is 0 Å². The number of carboxylic acids is 1. The summed E-state index contributed by atoms with van der Waals surface area (Å²) < 4.78 is 27.1. The molecule has 0 aliphatic carbocycles. The molecule has 0 bridgehead atoms. The molecule has 0 aliphatic rings. The van der Waals surface area contributed by atoms with Gasteiger partial charge in [-0.2, -0.15) is 0 Å². The number of halogens is 2. The summed E-state index contributed by atoms with van der Waals surface area (Å²) in [7, 11) is 1.68. The molecule has 104 valence electrons. The minimum Gasteiger partial charge on any atom is -0.478 e. The van der Waals surface area contributed by atoms with Crippen molar-refractivity contribution in [3.05, 3.63) is 65.2 Å². The van der Waals surface area contributed by atoms with Crippen LogP contribution in [0.15, 0.2) is 42.5 Å². The van der Waals surface area contributed by atoms with E-state index in [0.29, 0.717) is 5.69 Å². The van der Waals surface area contributed by atoms with Crippen LogP contribution in [-0.4, -0.2) is 18.1 Å². The van der Waals surface area contributed by atoms with Crippen molar-refractivity contribution in [2.24, 2.45) is 0 Å². The van der Waals surface area contributed by atoms with Gasteiger partial charge in [0.1, 0.15) is 11.6 Å². The van der Waals surface area contributed by atoms with E-state index in [2.05, 4.69) is 0 Å². The van der Waals surface area contributed by atoms with Crippen LogP contribution in [0.4, 0.5) is 14.5 Å². The van der Waals surface area contributed by atoms with Gasteiger partial charge in [-0.15, -0.1) is 0 Å². The summed E-state index contributed by atoms with van der Waals surface area (Å²) >= 11 is 0. The maximum Gasteiger partial charge on any atom is 0.338 e. The summed E-state index contributed by atoms with van der Waals surface area (Å²) in [5.41, 5.74) is 0.469. The molecule has 0 unspecified atom stereocenters.